The van der Waals surface area contributed by atoms with Gasteiger partial charge in [-0.05, 0) is 81.5 Å². The molecule has 0 spiro atoms. The van der Waals surface area contributed by atoms with E-state index in [0.29, 0.717) is 5.92 Å². The molecule has 3 aliphatic rings. The van der Waals surface area contributed by atoms with Crippen LogP contribution in [0, 0.1) is 0 Å². The standard InChI is InChI=1S/C22H28ClN3O/c1-14-4-7-21(27-18-8-10-24-11-9-18)22-25-16(3)15(2)13-26(22)20-12-17(23)5-6-19(14)20/h5-7,12-14,16,18,24H,4,8-11H2,1-3H3. The van der Waals surface area contributed by atoms with Gasteiger partial charge in [0.15, 0.2) is 11.6 Å². The number of fused-ring (bicyclic) bond motifs is 3. The Balaban J connectivity index is 1.76. The highest BCUT2D eigenvalue weighted by molar-refractivity contribution is 6.31. The van der Waals surface area contributed by atoms with Crippen LogP contribution in [0.4, 0.5) is 5.69 Å². The topological polar surface area (TPSA) is 36.9 Å². The maximum Gasteiger partial charge on any atom is 0.175 e. The van der Waals surface area contributed by atoms with Gasteiger partial charge in [0.05, 0.1) is 11.7 Å². The molecule has 1 aromatic carbocycles. The van der Waals surface area contributed by atoms with Gasteiger partial charge in [0.25, 0.3) is 0 Å². The molecule has 5 heteroatoms. The van der Waals surface area contributed by atoms with Crippen molar-refractivity contribution in [3.8, 4) is 0 Å². The molecule has 2 atom stereocenters. The number of piperidine rings is 1. The van der Waals surface area contributed by atoms with Gasteiger partial charge >= 0.3 is 0 Å². The third-order valence-corrected chi connectivity index (χ3v) is 6.01. The summed E-state index contributed by atoms with van der Waals surface area (Å²) in [6.07, 6.45) is 7.67. The van der Waals surface area contributed by atoms with Crippen LogP contribution in [0.1, 0.15) is 51.5 Å². The number of allylic oxidation sites excluding steroid dienone is 1. The number of halogens is 1. The normalized spacial score (nSPS) is 26.1. The maximum atomic E-state index is 6.50. The van der Waals surface area contributed by atoms with Gasteiger partial charge in [-0.1, -0.05) is 24.6 Å². The Morgan fingerprint density at radius 1 is 1.22 bits per heavy atom. The summed E-state index contributed by atoms with van der Waals surface area (Å²) in [7, 11) is 0. The molecule has 27 heavy (non-hydrogen) atoms. The van der Waals surface area contributed by atoms with Gasteiger partial charge in [-0.25, -0.2) is 0 Å². The molecule has 4 rings (SSSR count). The summed E-state index contributed by atoms with van der Waals surface area (Å²) in [5, 5.41) is 4.15. The summed E-state index contributed by atoms with van der Waals surface area (Å²) in [5.74, 6) is 2.20. The summed E-state index contributed by atoms with van der Waals surface area (Å²) in [4.78, 5) is 7.19. The van der Waals surface area contributed by atoms with Crippen molar-refractivity contribution in [2.75, 3.05) is 18.0 Å². The van der Waals surface area contributed by atoms with Crippen LogP contribution < -0.4 is 10.2 Å². The van der Waals surface area contributed by atoms with E-state index in [9.17, 15) is 0 Å². The van der Waals surface area contributed by atoms with Crippen molar-refractivity contribution in [3.05, 3.63) is 52.4 Å². The number of anilines is 1. The van der Waals surface area contributed by atoms with Gasteiger partial charge in [-0.15, -0.1) is 0 Å². The fraction of sp³-hybridized carbons (Fsp3) is 0.500. The second kappa shape index (κ2) is 7.69. The zero-order valence-corrected chi connectivity index (χ0v) is 17.1. The molecule has 0 aliphatic carbocycles. The molecule has 0 amide bonds. The highest BCUT2D eigenvalue weighted by Gasteiger charge is 2.30. The molecule has 1 saturated heterocycles. The maximum absolute atomic E-state index is 6.50. The number of nitrogens with one attached hydrogen (secondary N) is 1. The predicted octanol–water partition coefficient (Wildman–Crippen LogP) is 5.01. The molecule has 0 aromatic heterocycles. The molecule has 3 aliphatic heterocycles. The van der Waals surface area contributed by atoms with Gasteiger partial charge in [0.1, 0.15) is 6.10 Å². The molecule has 1 aromatic rings. The van der Waals surface area contributed by atoms with Gasteiger partial charge in [0.2, 0.25) is 0 Å². The van der Waals surface area contributed by atoms with Crippen molar-refractivity contribution >= 4 is 23.1 Å². The van der Waals surface area contributed by atoms with Crippen molar-refractivity contribution in [2.24, 2.45) is 4.99 Å². The third kappa shape index (κ3) is 3.78. The summed E-state index contributed by atoms with van der Waals surface area (Å²) in [5.41, 5.74) is 3.64. The van der Waals surface area contributed by atoms with Crippen LogP contribution >= 0.6 is 11.6 Å². The van der Waals surface area contributed by atoms with Crippen LogP contribution in [0.3, 0.4) is 0 Å². The van der Waals surface area contributed by atoms with Gasteiger partial charge in [-0.2, -0.15) is 0 Å². The largest absolute Gasteiger partial charge is 0.487 e. The Morgan fingerprint density at radius 3 is 2.78 bits per heavy atom. The average Bonchev–Trinajstić information content (AvgIpc) is 2.66. The van der Waals surface area contributed by atoms with E-state index in [2.05, 4.69) is 55.4 Å². The van der Waals surface area contributed by atoms with Crippen molar-refractivity contribution in [1.82, 2.24) is 5.32 Å². The molecular formula is C22H28ClN3O. The smallest absolute Gasteiger partial charge is 0.175 e. The van der Waals surface area contributed by atoms with Gasteiger partial charge in [0, 0.05) is 11.2 Å². The van der Waals surface area contributed by atoms with Crippen LogP contribution in [0.2, 0.25) is 5.02 Å². The molecule has 0 saturated carbocycles. The van der Waals surface area contributed by atoms with Crippen LogP contribution in [0.15, 0.2) is 46.8 Å². The second-order valence-electron chi connectivity index (χ2n) is 7.85. The van der Waals surface area contributed by atoms with E-state index in [1.54, 1.807) is 0 Å². The first-order valence-electron chi connectivity index (χ1n) is 9.95. The Kier molecular flexibility index (Phi) is 5.29. The Bertz CT molecular complexity index is 808. The molecule has 0 bridgehead atoms. The molecular weight excluding hydrogens is 358 g/mol. The number of ether oxygens (including phenoxy) is 1. The fourth-order valence-corrected chi connectivity index (χ4v) is 4.09. The lowest BCUT2D eigenvalue weighted by atomic mass is 9.93. The minimum Gasteiger partial charge on any atom is -0.487 e. The summed E-state index contributed by atoms with van der Waals surface area (Å²) >= 11 is 6.37. The number of benzene rings is 1. The number of hydrogen-bond acceptors (Lipinski definition) is 4. The van der Waals surface area contributed by atoms with E-state index in [1.165, 1.54) is 11.1 Å². The van der Waals surface area contributed by atoms with Crippen LogP contribution in [0.25, 0.3) is 0 Å². The molecule has 0 radical (unpaired) electrons. The molecule has 1 N–H and O–H groups in total. The highest BCUT2D eigenvalue weighted by atomic mass is 35.5. The van der Waals surface area contributed by atoms with Gasteiger partial charge in [-0.3, -0.25) is 9.89 Å². The monoisotopic (exact) mass is 385 g/mol. The van der Waals surface area contributed by atoms with E-state index >= 15 is 0 Å². The summed E-state index contributed by atoms with van der Waals surface area (Å²) < 4.78 is 6.50. The summed E-state index contributed by atoms with van der Waals surface area (Å²) in [6, 6.07) is 6.33. The Labute approximate surface area is 166 Å². The van der Waals surface area contributed by atoms with E-state index in [-0.39, 0.29) is 12.1 Å². The van der Waals surface area contributed by atoms with E-state index < -0.39 is 0 Å². The lowest BCUT2D eigenvalue weighted by Gasteiger charge is -2.36. The molecule has 2 unspecified atom stereocenters. The molecule has 3 heterocycles. The summed E-state index contributed by atoms with van der Waals surface area (Å²) in [6.45, 7) is 8.56. The van der Waals surface area contributed by atoms with E-state index in [0.717, 1.165) is 54.7 Å². The van der Waals surface area contributed by atoms with Gasteiger partial charge < -0.3 is 10.1 Å². The van der Waals surface area contributed by atoms with Crippen LogP contribution in [-0.2, 0) is 4.74 Å². The minimum absolute atomic E-state index is 0.149. The van der Waals surface area contributed by atoms with E-state index in [1.807, 2.05) is 6.07 Å². The zero-order chi connectivity index (χ0) is 19.0. The van der Waals surface area contributed by atoms with Crippen molar-refractivity contribution in [2.45, 2.75) is 58.1 Å². The molecule has 1 fully saturated rings. The van der Waals surface area contributed by atoms with Crippen molar-refractivity contribution < 1.29 is 4.74 Å². The minimum atomic E-state index is 0.149. The third-order valence-electron chi connectivity index (χ3n) is 5.78. The number of aliphatic imine (C=N–C) groups is 1. The quantitative estimate of drug-likeness (QED) is 0.777. The SMILES string of the molecule is CC1=CN2C(=NC1C)C(OC1CCNCC1)=CCC(C)c1ccc(Cl)cc12. The number of hydrogen-bond donors (Lipinski definition) is 1. The first-order chi connectivity index (χ1) is 13.0. The predicted molar refractivity (Wildman–Crippen MR) is 113 cm³/mol. The van der Waals surface area contributed by atoms with Crippen molar-refractivity contribution in [1.29, 1.82) is 0 Å². The first-order valence-corrected chi connectivity index (χ1v) is 10.3. The molecule has 144 valence electrons. The molecule has 4 nitrogen and oxygen atoms in total. The zero-order valence-electron chi connectivity index (χ0n) is 16.3. The van der Waals surface area contributed by atoms with Crippen molar-refractivity contribution in [3.63, 3.8) is 0 Å². The first kappa shape index (κ1) is 18.6. The Morgan fingerprint density at radius 2 is 2.00 bits per heavy atom. The number of rotatable bonds is 2. The number of amidine groups is 1. The Hall–Kier alpha value is -1.78. The second-order valence-corrected chi connectivity index (χ2v) is 8.28. The lowest BCUT2D eigenvalue weighted by Crippen LogP contribution is -2.38. The highest BCUT2D eigenvalue weighted by Crippen LogP contribution is 2.38. The number of nitrogens with zero attached hydrogens (tertiary/aromatic N) is 2. The van der Waals surface area contributed by atoms with Crippen LogP contribution in [0.5, 0.6) is 0 Å². The lowest BCUT2D eigenvalue weighted by molar-refractivity contribution is 0.0990. The van der Waals surface area contributed by atoms with E-state index in [4.69, 9.17) is 21.3 Å². The van der Waals surface area contributed by atoms with Crippen LogP contribution in [-0.4, -0.2) is 31.1 Å². The fourth-order valence-electron chi connectivity index (χ4n) is 3.92. The average molecular weight is 386 g/mol.